The summed E-state index contributed by atoms with van der Waals surface area (Å²) < 4.78 is 0. The minimum absolute atomic E-state index is 0.0907. The van der Waals surface area contributed by atoms with Gasteiger partial charge in [-0.25, -0.2) is 0 Å². The second-order valence-corrected chi connectivity index (χ2v) is 5.78. The number of nitrogens with one attached hydrogen (secondary N) is 1. The Bertz CT molecular complexity index is 205. The first-order valence-electron chi connectivity index (χ1n) is 7.14. The molecular formula is C14H31N3O. The molecule has 0 aliphatic heterocycles. The summed E-state index contributed by atoms with van der Waals surface area (Å²) in [5.41, 5.74) is 5.38. The van der Waals surface area contributed by atoms with Crippen molar-refractivity contribution in [3.05, 3.63) is 0 Å². The van der Waals surface area contributed by atoms with Crippen molar-refractivity contribution in [2.45, 2.75) is 40.5 Å². The third kappa shape index (κ3) is 10.5. The molecule has 4 nitrogen and oxygen atoms in total. The lowest BCUT2D eigenvalue weighted by molar-refractivity contribution is -0.122. The van der Waals surface area contributed by atoms with Gasteiger partial charge >= 0.3 is 0 Å². The second kappa shape index (κ2) is 10.3. The van der Waals surface area contributed by atoms with Crippen molar-refractivity contribution < 1.29 is 4.79 Å². The Kier molecular flexibility index (Phi) is 9.98. The first kappa shape index (κ1) is 17.4. The van der Waals surface area contributed by atoms with Crippen LogP contribution in [0, 0.1) is 11.8 Å². The predicted molar refractivity (Wildman–Crippen MR) is 77.4 cm³/mol. The zero-order valence-corrected chi connectivity index (χ0v) is 12.5. The van der Waals surface area contributed by atoms with Crippen molar-refractivity contribution >= 4 is 5.91 Å². The number of hydrogen-bond donors (Lipinski definition) is 2. The van der Waals surface area contributed by atoms with E-state index in [2.05, 4.69) is 37.9 Å². The number of carbonyl (C=O) groups excluding carboxylic acids is 1. The fourth-order valence-corrected chi connectivity index (χ4v) is 1.62. The Balaban J connectivity index is 4.05. The van der Waals surface area contributed by atoms with Crippen molar-refractivity contribution in [2.24, 2.45) is 17.6 Å². The van der Waals surface area contributed by atoms with Crippen molar-refractivity contribution in [1.82, 2.24) is 10.2 Å². The van der Waals surface area contributed by atoms with E-state index in [0.29, 0.717) is 31.5 Å². The summed E-state index contributed by atoms with van der Waals surface area (Å²) in [4.78, 5) is 13.9. The van der Waals surface area contributed by atoms with Crippen LogP contribution >= 0.6 is 0 Å². The third-order valence-electron chi connectivity index (χ3n) is 2.88. The average Bonchev–Trinajstić information content (AvgIpc) is 2.29. The van der Waals surface area contributed by atoms with Gasteiger partial charge in [0, 0.05) is 13.1 Å². The van der Waals surface area contributed by atoms with E-state index in [-0.39, 0.29) is 5.91 Å². The molecule has 0 saturated heterocycles. The Morgan fingerprint density at radius 3 is 2.00 bits per heavy atom. The summed E-state index contributed by atoms with van der Waals surface area (Å²) in [6, 6.07) is 0. The van der Waals surface area contributed by atoms with Gasteiger partial charge in [0.2, 0.25) is 5.91 Å². The van der Waals surface area contributed by atoms with Crippen molar-refractivity contribution in [1.29, 1.82) is 0 Å². The van der Waals surface area contributed by atoms with Crippen LogP contribution < -0.4 is 11.1 Å². The van der Waals surface area contributed by atoms with Crippen LogP contribution in [0.3, 0.4) is 0 Å². The summed E-state index contributed by atoms with van der Waals surface area (Å²) in [6.45, 7) is 12.4. The van der Waals surface area contributed by atoms with E-state index in [9.17, 15) is 4.79 Å². The monoisotopic (exact) mass is 257 g/mol. The molecule has 0 spiro atoms. The Morgan fingerprint density at radius 2 is 1.61 bits per heavy atom. The summed E-state index contributed by atoms with van der Waals surface area (Å²) in [5.74, 6) is 1.45. The molecule has 0 aliphatic rings. The summed E-state index contributed by atoms with van der Waals surface area (Å²) >= 11 is 0. The third-order valence-corrected chi connectivity index (χ3v) is 2.88. The lowest BCUT2D eigenvalue weighted by atomic mass is 10.1. The van der Waals surface area contributed by atoms with E-state index >= 15 is 0 Å². The standard InChI is InChI=1S/C14H31N3O/c1-12(2)5-9-17(10-6-13(3)4)11-14(18)16-8-7-15/h12-13H,5-11,15H2,1-4H3,(H,16,18). The molecule has 0 aromatic rings. The molecular weight excluding hydrogens is 226 g/mol. The SMILES string of the molecule is CC(C)CCN(CCC(C)C)CC(=O)NCCN. The fraction of sp³-hybridized carbons (Fsp3) is 0.929. The number of hydrogen-bond acceptors (Lipinski definition) is 3. The van der Waals surface area contributed by atoms with Crippen molar-refractivity contribution in [3.8, 4) is 0 Å². The van der Waals surface area contributed by atoms with Crippen LogP contribution in [0.1, 0.15) is 40.5 Å². The Labute approximate surface area is 112 Å². The van der Waals surface area contributed by atoms with E-state index in [1.165, 1.54) is 0 Å². The maximum atomic E-state index is 11.7. The number of nitrogens with two attached hydrogens (primary N) is 1. The maximum absolute atomic E-state index is 11.7. The smallest absolute Gasteiger partial charge is 0.234 e. The average molecular weight is 257 g/mol. The number of rotatable bonds is 10. The number of carbonyl (C=O) groups is 1. The van der Waals surface area contributed by atoms with Gasteiger partial charge in [0.15, 0.2) is 0 Å². The van der Waals surface area contributed by atoms with Crippen LogP contribution in [0.25, 0.3) is 0 Å². The first-order valence-corrected chi connectivity index (χ1v) is 7.14. The molecule has 0 aliphatic carbocycles. The van der Waals surface area contributed by atoms with Crippen LogP contribution in [-0.4, -0.2) is 43.5 Å². The number of nitrogens with zero attached hydrogens (tertiary/aromatic N) is 1. The van der Waals surface area contributed by atoms with Gasteiger partial charge in [0.05, 0.1) is 6.54 Å². The van der Waals surface area contributed by atoms with Crippen molar-refractivity contribution in [3.63, 3.8) is 0 Å². The second-order valence-electron chi connectivity index (χ2n) is 5.78. The van der Waals surface area contributed by atoms with E-state index in [4.69, 9.17) is 5.73 Å². The maximum Gasteiger partial charge on any atom is 0.234 e. The zero-order chi connectivity index (χ0) is 14.0. The normalized spacial score (nSPS) is 11.6. The Hall–Kier alpha value is -0.610. The molecule has 0 aromatic carbocycles. The van der Waals surface area contributed by atoms with Gasteiger partial charge in [0.1, 0.15) is 0 Å². The van der Waals surface area contributed by atoms with Crippen LogP contribution in [0.5, 0.6) is 0 Å². The van der Waals surface area contributed by atoms with Gasteiger partial charge in [-0.05, 0) is 37.8 Å². The van der Waals surface area contributed by atoms with Crippen LogP contribution in [-0.2, 0) is 4.79 Å². The van der Waals surface area contributed by atoms with E-state index in [1.807, 2.05) is 0 Å². The highest BCUT2D eigenvalue weighted by Crippen LogP contribution is 2.06. The van der Waals surface area contributed by atoms with Crippen LogP contribution in [0.4, 0.5) is 0 Å². The summed E-state index contributed by atoms with van der Waals surface area (Å²) in [7, 11) is 0. The first-order chi connectivity index (χ1) is 8.45. The van der Waals surface area contributed by atoms with Gasteiger partial charge in [0.25, 0.3) is 0 Å². The van der Waals surface area contributed by atoms with Gasteiger partial charge in [-0.3, -0.25) is 9.69 Å². The lowest BCUT2D eigenvalue weighted by Gasteiger charge is -2.23. The highest BCUT2D eigenvalue weighted by molar-refractivity contribution is 5.77. The molecule has 3 N–H and O–H groups in total. The zero-order valence-electron chi connectivity index (χ0n) is 12.5. The number of amides is 1. The minimum Gasteiger partial charge on any atom is -0.354 e. The molecule has 0 atom stereocenters. The molecule has 0 radical (unpaired) electrons. The lowest BCUT2D eigenvalue weighted by Crippen LogP contribution is -2.40. The summed E-state index contributed by atoms with van der Waals surface area (Å²) in [6.07, 6.45) is 2.28. The fourth-order valence-electron chi connectivity index (χ4n) is 1.62. The van der Waals surface area contributed by atoms with Gasteiger partial charge in [-0.2, -0.15) is 0 Å². The highest BCUT2D eigenvalue weighted by atomic mass is 16.2. The molecule has 1 amide bonds. The quantitative estimate of drug-likeness (QED) is 0.623. The molecule has 0 unspecified atom stereocenters. The van der Waals surface area contributed by atoms with Crippen LogP contribution in [0.2, 0.25) is 0 Å². The molecule has 4 heteroatoms. The van der Waals surface area contributed by atoms with Gasteiger partial charge in [-0.15, -0.1) is 0 Å². The minimum atomic E-state index is 0.0907. The topological polar surface area (TPSA) is 58.4 Å². The molecule has 18 heavy (non-hydrogen) atoms. The predicted octanol–water partition coefficient (Wildman–Crippen LogP) is 1.46. The van der Waals surface area contributed by atoms with E-state index in [1.54, 1.807) is 0 Å². The summed E-state index contributed by atoms with van der Waals surface area (Å²) in [5, 5.41) is 2.83. The van der Waals surface area contributed by atoms with Gasteiger partial charge in [-0.1, -0.05) is 27.7 Å². The van der Waals surface area contributed by atoms with Crippen molar-refractivity contribution in [2.75, 3.05) is 32.7 Å². The van der Waals surface area contributed by atoms with Crippen LogP contribution in [0.15, 0.2) is 0 Å². The molecule has 108 valence electrons. The molecule has 0 rings (SSSR count). The highest BCUT2D eigenvalue weighted by Gasteiger charge is 2.11. The van der Waals surface area contributed by atoms with E-state index < -0.39 is 0 Å². The Morgan fingerprint density at radius 1 is 1.11 bits per heavy atom. The molecule has 0 heterocycles. The largest absolute Gasteiger partial charge is 0.354 e. The molecule has 0 saturated carbocycles. The molecule has 0 fully saturated rings. The van der Waals surface area contributed by atoms with E-state index in [0.717, 1.165) is 25.9 Å². The van der Waals surface area contributed by atoms with Gasteiger partial charge < -0.3 is 11.1 Å². The molecule has 0 aromatic heterocycles. The molecule has 0 bridgehead atoms.